The second-order valence-electron chi connectivity index (χ2n) is 9.73. The van der Waals surface area contributed by atoms with Crippen molar-refractivity contribution in [2.75, 3.05) is 64.1 Å². The van der Waals surface area contributed by atoms with Crippen LogP contribution in [0.3, 0.4) is 0 Å². The Bertz CT molecular complexity index is 1190. The molecule has 1 fully saturated rings. The number of rotatable bonds is 15. The summed E-state index contributed by atoms with van der Waals surface area (Å²) < 4.78 is 17.2. The first-order valence-electron chi connectivity index (χ1n) is 14.0. The highest BCUT2D eigenvalue weighted by Crippen LogP contribution is 2.33. The van der Waals surface area contributed by atoms with Crippen molar-refractivity contribution >= 4 is 22.3 Å². The first-order chi connectivity index (χ1) is 19.6. The summed E-state index contributed by atoms with van der Waals surface area (Å²) in [5, 5.41) is 12.8. The van der Waals surface area contributed by atoms with Gasteiger partial charge in [0.05, 0.1) is 32.1 Å². The Kier molecular flexibility index (Phi) is 11.4. The van der Waals surface area contributed by atoms with Crippen LogP contribution in [0.2, 0.25) is 0 Å². The fourth-order valence-electron chi connectivity index (χ4n) is 4.51. The molecular formula is C30H41N5O4S. The van der Waals surface area contributed by atoms with Gasteiger partial charge in [0, 0.05) is 48.7 Å². The number of likely N-dealkylation sites (N-methyl/N-ethyl adjacent to an activating group) is 1. The second-order valence-corrected chi connectivity index (χ2v) is 10.9. The number of aryl methyl sites for hydroxylation is 1. The SMILES string of the molecule is CCN(CCN1CCOCC1)c1nc(-c2ccc(OCCCCCOc3ccc(/C(N)=N/O)cc3)cc2)c(C)s1. The van der Waals surface area contributed by atoms with Crippen molar-refractivity contribution in [1.82, 2.24) is 9.88 Å². The number of anilines is 1. The number of nitrogens with two attached hydrogens (primary N) is 1. The van der Waals surface area contributed by atoms with Crippen molar-refractivity contribution in [1.29, 1.82) is 0 Å². The maximum Gasteiger partial charge on any atom is 0.186 e. The lowest BCUT2D eigenvalue weighted by Gasteiger charge is -2.29. The second kappa shape index (κ2) is 15.4. The van der Waals surface area contributed by atoms with E-state index in [1.807, 2.05) is 24.3 Å². The van der Waals surface area contributed by atoms with Crippen LogP contribution >= 0.6 is 11.3 Å². The smallest absolute Gasteiger partial charge is 0.186 e. The minimum absolute atomic E-state index is 0.0857. The van der Waals surface area contributed by atoms with Gasteiger partial charge in [-0.05, 0) is 81.6 Å². The minimum Gasteiger partial charge on any atom is -0.494 e. The van der Waals surface area contributed by atoms with Crippen LogP contribution in [0, 0.1) is 6.92 Å². The monoisotopic (exact) mass is 567 g/mol. The number of morpholine rings is 1. The lowest BCUT2D eigenvalue weighted by molar-refractivity contribution is 0.0392. The molecule has 0 unspecified atom stereocenters. The number of nitrogens with zero attached hydrogens (tertiary/aromatic N) is 4. The molecule has 0 saturated carbocycles. The normalized spacial score (nSPS) is 14.3. The van der Waals surface area contributed by atoms with Gasteiger partial charge in [-0.2, -0.15) is 0 Å². The lowest BCUT2D eigenvalue weighted by Crippen LogP contribution is -2.41. The summed E-state index contributed by atoms with van der Waals surface area (Å²) in [5.74, 6) is 1.73. The Balaban J connectivity index is 1.17. The van der Waals surface area contributed by atoms with Gasteiger partial charge in [0.25, 0.3) is 0 Å². The van der Waals surface area contributed by atoms with Gasteiger partial charge in [-0.25, -0.2) is 4.98 Å². The van der Waals surface area contributed by atoms with Gasteiger partial charge in [-0.3, -0.25) is 4.90 Å². The standard InChI is InChI=1S/C30H41N5O4S/c1-3-35(16-15-34-17-21-37-22-18-34)30-32-28(23(2)40-30)24-7-11-26(12-8-24)38-19-5-4-6-20-39-27-13-9-25(10-14-27)29(31)33-36/h7-14,36H,3-6,15-22H2,1-2H3,(H2,31,33). The molecule has 9 nitrogen and oxygen atoms in total. The molecule has 1 saturated heterocycles. The zero-order chi connectivity index (χ0) is 28.2. The Morgan fingerprint density at radius 1 is 1.02 bits per heavy atom. The Morgan fingerprint density at radius 2 is 1.65 bits per heavy atom. The summed E-state index contributed by atoms with van der Waals surface area (Å²) in [6, 6.07) is 15.4. The molecule has 2 heterocycles. The fourth-order valence-corrected chi connectivity index (χ4v) is 5.53. The van der Waals surface area contributed by atoms with Gasteiger partial charge in [0.1, 0.15) is 11.5 Å². The molecule has 0 amide bonds. The first kappa shape index (κ1) is 29.6. The van der Waals surface area contributed by atoms with Crippen molar-refractivity contribution in [2.45, 2.75) is 33.1 Å². The van der Waals surface area contributed by atoms with Crippen LogP contribution in [0.5, 0.6) is 11.5 Å². The Labute approximate surface area is 241 Å². The van der Waals surface area contributed by atoms with Crippen molar-refractivity contribution in [3.05, 3.63) is 59.0 Å². The topological polar surface area (TPSA) is 106 Å². The van der Waals surface area contributed by atoms with Gasteiger partial charge in [0.2, 0.25) is 0 Å². The van der Waals surface area contributed by atoms with Gasteiger partial charge in [-0.1, -0.05) is 5.16 Å². The number of thiazole rings is 1. The molecule has 3 N–H and O–H groups in total. The number of oxime groups is 1. The highest BCUT2D eigenvalue weighted by Gasteiger charge is 2.17. The molecular weight excluding hydrogens is 526 g/mol. The van der Waals surface area contributed by atoms with E-state index >= 15 is 0 Å². The third kappa shape index (κ3) is 8.58. The third-order valence-electron chi connectivity index (χ3n) is 6.94. The zero-order valence-electron chi connectivity index (χ0n) is 23.6. The maximum absolute atomic E-state index is 8.73. The summed E-state index contributed by atoms with van der Waals surface area (Å²) in [6.07, 6.45) is 2.91. The van der Waals surface area contributed by atoms with Gasteiger partial charge >= 0.3 is 0 Å². The van der Waals surface area contributed by atoms with E-state index in [9.17, 15) is 0 Å². The van der Waals surface area contributed by atoms with Crippen LogP contribution in [0.15, 0.2) is 53.7 Å². The van der Waals surface area contributed by atoms with E-state index in [1.165, 1.54) is 4.88 Å². The number of hydrogen-bond acceptors (Lipinski definition) is 9. The average Bonchev–Trinajstić information content (AvgIpc) is 3.38. The molecule has 1 aliphatic rings. The molecule has 0 radical (unpaired) electrons. The average molecular weight is 568 g/mol. The number of ether oxygens (including phenoxy) is 3. The van der Waals surface area contributed by atoms with E-state index < -0.39 is 0 Å². The van der Waals surface area contributed by atoms with E-state index in [0.29, 0.717) is 18.8 Å². The highest BCUT2D eigenvalue weighted by atomic mass is 32.1. The molecule has 216 valence electrons. The van der Waals surface area contributed by atoms with E-state index in [1.54, 1.807) is 23.5 Å². The molecule has 0 spiro atoms. The number of unbranched alkanes of at least 4 members (excludes halogenated alkanes) is 2. The number of amidine groups is 1. The zero-order valence-corrected chi connectivity index (χ0v) is 24.4. The molecule has 0 aliphatic carbocycles. The van der Waals surface area contributed by atoms with Crippen molar-refractivity contribution in [3.63, 3.8) is 0 Å². The predicted molar refractivity (Wildman–Crippen MR) is 161 cm³/mol. The third-order valence-corrected chi connectivity index (χ3v) is 7.97. The number of benzene rings is 2. The molecule has 2 aromatic carbocycles. The van der Waals surface area contributed by atoms with Crippen LogP contribution in [0.25, 0.3) is 11.3 Å². The molecule has 10 heteroatoms. The highest BCUT2D eigenvalue weighted by molar-refractivity contribution is 7.16. The molecule has 0 atom stereocenters. The van der Waals surface area contributed by atoms with Crippen LogP contribution in [-0.2, 0) is 4.74 Å². The van der Waals surface area contributed by atoms with E-state index in [-0.39, 0.29) is 5.84 Å². The Hall–Kier alpha value is -3.34. The van der Waals surface area contributed by atoms with Gasteiger partial charge < -0.3 is 30.1 Å². The number of hydrogen-bond donors (Lipinski definition) is 2. The minimum atomic E-state index is 0.0857. The molecule has 4 rings (SSSR count). The Morgan fingerprint density at radius 3 is 2.25 bits per heavy atom. The van der Waals surface area contributed by atoms with E-state index in [0.717, 1.165) is 93.1 Å². The van der Waals surface area contributed by atoms with Crippen LogP contribution in [-0.4, -0.2) is 80.1 Å². The summed E-state index contributed by atoms with van der Waals surface area (Å²) in [5.41, 5.74) is 8.41. The van der Waals surface area contributed by atoms with Crippen molar-refractivity contribution in [2.24, 2.45) is 10.9 Å². The van der Waals surface area contributed by atoms with E-state index in [4.69, 9.17) is 30.1 Å². The molecule has 1 aliphatic heterocycles. The van der Waals surface area contributed by atoms with Crippen molar-refractivity contribution in [3.8, 4) is 22.8 Å². The van der Waals surface area contributed by atoms with E-state index in [2.05, 4.69) is 40.9 Å². The lowest BCUT2D eigenvalue weighted by atomic mass is 10.1. The van der Waals surface area contributed by atoms with Gasteiger partial charge in [0.15, 0.2) is 11.0 Å². The summed E-state index contributed by atoms with van der Waals surface area (Å²) in [6.45, 7) is 12.3. The van der Waals surface area contributed by atoms with Gasteiger partial charge in [-0.15, -0.1) is 11.3 Å². The molecule has 40 heavy (non-hydrogen) atoms. The predicted octanol–water partition coefficient (Wildman–Crippen LogP) is 5.00. The molecule has 3 aromatic rings. The maximum atomic E-state index is 8.73. The molecule has 0 bridgehead atoms. The number of aromatic nitrogens is 1. The fraction of sp³-hybridized carbons (Fsp3) is 0.467. The van der Waals surface area contributed by atoms with Crippen molar-refractivity contribution < 1.29 is 19.4 Å². The quantitative estimate of drug-likeness (QED) is 0.0869. The molecule has 1 aromatic heterocycles. The summed E-state index contributed by atoms with van der Waals surface area (Å²) >= 11 is 1.77. The first-order valence-corrected chi connectivity index (χ1v) is 14.9. The van der Waals surface area contributed by atoms with Crippen LogP contribution in [0.4, 0.5) is 5.13 Å². The van der Waals surface area contributed by atoms with Crippen LogP contribution < -0.4 is 20.1 Å². The largest absolute Gasteiger partial charge is 0.494 e. The summed E-state index contributed by atoms with van der Waals surface area (Å²) in [7, 11) is 0. The van der Waals surface area contributed by atoms with Crippen LogP contribution in [0.1, 0.15) is 36.6 Å². The summed E-state index contributed by atoms with van der Waals surface area (Å²) in [4.78, 5) is 11.1.